The predicted molar refractivity (Wildman–Crippen MR) is 126 cm³/mol. The second kappa shape index (κ2) is 8.79. The van der Waals surface area contributed by atoms with E-state index in [1.807, 2.05) is 4.90 Å². The molecule has 0 spiro atoms. The van der Waals surface area contributed by atoms with E-state index in [1.165, 1.54) is 13.9 Å². The van der Waals surface area contributed by atoms with E-state index in [0.717, 1.165) is 0 Å². The maximum Gasteiger partial charge on any atom is 0.469 e. The Morgan fingerprint density at radius 3 is 2.61 bits per heavy atom. The Kier molecular flexibility index (Phi) is 6.35. The first-order valence-electron chi connectivity index (χ1n) is 10.2. The van der Waals surface area contributed by atoms with Crippen LogP contribution in [-0.2, 0) is 9.09 Å². The average molecular weight is 494 g/mol. The summed E-state index contributed by atoms with van der Waals surface area (Å²) >= 11 is 6.28. The third-order valence-electron chi connectivity index (χ3n) is 5.94. The number of nitrogens with zero attached hydrogens (tertiary/aromatic N) is 1. The van der Waals surface area contributed by atoms with Crippen molar-refractivity contribution in [1.82, 2.24) is 4.90 Å². The van der Waals surface area contributed by atoms with E-state index in [-0.39, 0.29) is 40.1 Å². The molecule has 9 nitrogen and oxygen atoms in total. The molecular formula is C21H22BClNO8P. The van der Waals surface area contributed by atoms with Crippen LogP contribution in [0.3, 0.4) is 0 Å². The van der Waals surface area contributed by atoms with Gasteiger partial charge in [-0.15, -0.1) is 0 Å². The molecule has 4 rings (SSSR count). The minimum Gasteiger partial charge on any atom is -0.508 e. The number of likely N-dealkylation sites (tertiary alicyclic amines) is 1. The van der Waals surface area contributed by atoms with Crippen LogP contribution in [0.2, 0.25) is 5.02 Å². The molecule has 174 valence electrons. The van der Waals surface area contributed by atoms with E-state index in [1.54, 1.807) is 31.3 Å². The molecule has 0 amide bonds. The lowest BCUT2D eigenvalue weighted by molar-refractivity contribution is 0.0545. The van der Waals surface area contributed by atoms with Crippen molar-refractivity contribution in [3.8, 4) is 22.8 Å². The Bertz CT molecular complexity index is 1340. The van der Waals surface area contributed by atoms with Crippen LogP contribution in [0.4, 0.5) is 0 Å². The molecule has 0 bridgehead atoms. The topological polar surface area (TPSA) is 141 Å². The predicted octanol–water partition coefficient (Wildman–Crippen LogP) is 1.68. The summed E-state index contributed by atoms with van der Waals surface area (Å²) in [5.41, 5.74) is 0.0253. The SMILES string of the molecule is Bc1c(O)c([C@H]2CCN(C)C[C@H]2OP(=O)(O)O)c2oc(-c3ccccc3Cl)cc(=O)c2c1O. The normalized spacial score (nSPS) is 19.8. The van der Waals surface area contributed by atoms with Gasteiger partial charge in [0.2, 0.25) is 0 Å². The fraction of sp³-hybridized carbons (Fsp3) is 0.286. The lowest BCUT2D eigenvalue weighted by Gasteiger charge is -2.37. The van der Waals surface area contributed by atoms with Crippen LogP contribution in [0.25, 0.3) is 22.3 Å². The number of phenolic OH excluding ortho intramolecular Hbond substituents is 2. The molecule has 12 heteroatoms. The molecule has 1 aromatic heterocycles. The van der Waals surface area contributed by atoms with Crippen molar-refractivity contribution >= 4 is 43.7 Å². The number of hydrogen-bond acceptors (Lipinski definition) is 7. The van der Waals surface area contributed by atoms with Crippen LogP contribution >= 0.6 is 19.4 Å². The van der Waals surface area contributed by atoms with Crippen molar-refractivity contribution in [2.24, 2.45) is 0 Å². The van der Waals surface area contributed by atoms with Crippen molar-refractivity contribution in [3.05, 3.63) is 51.1 Å². The number of phosphoric acid groups is 1. The highest BCUT2D eigenvalue weighted by molar-refractivity contribution is 7.46. The highest BCUT2D eigenvalue weighted by Gasteiger charge is 2.38. The van der Waals surface area contributed by atoms with Gasteiger partial charge in [-0.25, -0.2) is 4.57 Å². The van der Waals surface area contributed by atoms with Crippen LogP contribution in [0.5, 0.6) is 11.5 Å². The Morgan fingerprint density at radius 1 is 1.24 bits per heavy atom. The van der Waals surface area contributed by atoms with E-state index in [4.69, 9.17) is 20.5 Å². The Hall–Kier alpha value is -2.33. The van der Waals surface area contributed by atoms with Gasteiger partial charge < -0.3 is 29.3 Å². The number of rotatable bonds is 4. The monoisotopic (exact) mass is 493 g/mol. The van der Waals surface area contributed by atoms with Crippen LogP contribution in [-0.4, -0.2) is 59.0 Å². The third kappa shape index (κ3) is 4.55. The number of piperidine rings is 1. The Morgan fingerprint density at radius 2 is 1.94 bits per heavy atom. The summed E-state index contributed by atoms with van der Waals surface area (Å²) in [6, 6.07) is 7.95. The van der Waals surface area contributed by atoms with E-state index in [0.29, 0.717) is 23.6 Å². The van der Waals surface area contributed by atoms with Crippen molar-refractivity contribution in [2.45, 2.75) is 18.4 Å². The van der Waals surface area contributed by atoms with Crippen LogP contribution in [0.15, 0.2) is 39.5 Å². The van der Waals surface area contributed by atoms with Crippen LogP contribution < -0.4 is 10.9 Å². The van der Waals surface area contributed by atoms with Gasteiger partial charge in [0, 0.05) is 29.7 Å². The van der Waals surface area contributed by atoms with Gasteiger partial charge in [0.15, 0.2) is 5.43 Å². The van der Waals surface area contributed by atoms with Gasteiger partial charge in [-0.05, 0) is 37.6 Å². The number of hydrogen-bond donors (Lipinski definition) is 4. The number of halogens is 1. The van der Waals surface area contributed by atoms with E-state index < -0.39 is 31.0 Å². The Balaban J connectivity index is 2.01. The maximum absolute atomic E-state index is 13.1. The highest BCUT2D eigenvalue weighted by atomic mass is 35.5. The van der Waals surface area contributed by atoms with E-state index >= 15 is 0 Å². The smallest absolute Gasteiger partial charge is 0.469 e. The third-order valence-corrected chi connectivity index (χ3v) is 6.81. The van der Waals surface area contributed by atoms with Crippen LogP contribution in [0, 0.1) is 0 Å². The Labute approximate surface area is 194 Å². The summed E-state index contributed by atoms with van der Waals surface area (Å²) in [5.74, 6) is -1.35. The number of fused-ring (bicyclic) bond motifs is 1. The number of phosphoric ester groups is 1. The van der Waals surface area contributed by atoms with Crippen molar-refractivity contribution in [3.63, 3.8) is 0 Å². The number of aromatic hydroxyl groups is 2. The molecule has 2 atom stereocenters. The first kappa shape index (κ1) is 23.8. The standard InChI is InChI=1S/C21H22BClNO8P/c1-24-7-6-11(15(9-24)32-33(28,29)30)16-19(26)18(22)20(27)17-13(25)8-14(31-21(16)17)10-4-2-3-5-12(10)23/h2-5,8,11,15,26-27H,6-7,9,22H2,1H3,(H2,28,29,30)/t11-,15+/m0/s1. The maximum atomic E-state index is 13.1. The lowest BCUT2D eigenvalue weighted by atomic mass is 9.80. The molecule has 1 fully saturated rings. The van der Waals surface area contributed by atoms with E-state index in [2.05, 4.69) is 0 Å². The van der Waals surface area contributed by atoms with Gasteiger partial charge in [0.05, 0.1) is 11.1 Å². The molecule has 1 aliphatic heterocycles. The van der Waals surface area contributed by atoms with E-state index in [9.17, 15) is 29.4 Å². The second-order valence-electron chi connectivity index (χ2n) is 8.19. The van der Waals surface area contributed by atoms with Gasteiger partial charge in [0.25, 0.3) is 0 Å². The fourth-order valence-corrected chi connectivity index (χ4v) is 5.13. The minimum absolute atomic E-state index is 0.0594. The average Bonchev–Trinajstić information content (AvgIpc) is 2.72. The van der Waals surface area contributed by atoms with Gasteiger partial charge in [-0.1, -0.05) is 23.7 Å². The van der Waals surface area contributed by atoms with Gasteiger partial charge in [-0.2, -0.15) is 0 Å². The summed E-state index contributed by atoms with van der Waals surface area (Å²) in [7, 11) is -1.63. The summed E-state index contributed by atoms with van der Waals surface area (Å²) in [6.07, 6.45) is -0.648. The first-order valence-corrected chi connectivity index (χ1v) is 12.1. The number of phenols is 2. The molecular weight excluding hydrogens is 471 g/mol. The zero-order chi connectivity index (χ0) is 24.1. The minimum atomic E-state index is -4.86. The van der Waals surface area contributed by atoms with Crippen molar-refractivity contribution in [2.75, 3.05) is 20.1 Å². The lowest BCUT2D eigenvalue weighted by Crippen LogP contribution is -2.42. The molecule has 0 radical (unpaired) electrons. The summed E-state index contributed by atoms with van der Waals surface area (Å²) in [4.78, 5) is 33.8. The van der Waals surface area contributed by atoms with Gasteiger partial charge in [-0.3, -0.25) is 9.32 Å². The molecule has 0 aliphatic carbocycles. The molecule has 1 saturated heterocycles. The number of benzene rings is 2. The summed E-state index contributed by atoms with van der Waals surface area (Å²) in [5, 5.41) is 21.9. The largest absolute Gasteiger partial charge is 0.508 e. The zero-order valence-corrected chi connectivity index (χ0v) is 19.5. The number of likely N-dealkylation sites (N-methyl/N-ethyl adjacent to an activating group) is 1. The second-order valence-corrected chi connectivity index (χ2v) is 9.79. The molecule has 3 aromatic rings. The summed E-state index contributed by atoms with van der Waals surface area (Å²) in [6.45, 7) is 0.714. The van der Waals surface area contributed by atoms with Crippen molar-refractivity contribution < 1.29 is 33.5 Å². The molecule has 33 heavy (non-hydrogen) atoms. The van der Waals surface area contributed by atoms with Gasteiger partial charge >= 0.3 is 7.82 Å². The fourth-order valence-electron chi connectivity index (χ4n) is 4.34. The molecule has 2 heterocycles. The zero-order valence-electron chi connectivity index (χ0n) is 17.9. The van der Waals surface area contributed by atoms with Crippen LogP contribution in [0.1, 0.15) is 17.9 Å². The van der Waals surface area contributed by atoms with Crippen molar-refractivity contribution in [1.29, 1.82) is 0 Å². The first-order chi connectivity index (χ1) is 15.5. The quantitative estimate of drug-likeness (QED) is 0.315. The van der Waals surface area contributed by atoms with Gasteiger partial charge in [0.1, 0.15) is 36.1 Å². The molecule has 4 N–H and O–H groups in total. The molecule has 0 saturated carbocycles. The molecule has 0 unspecified atom stereocenters. The molecule has 2 aromatic carbocycles. The summed E-state index contributed by atoms with van der Waals surface area (Å²) < 4.78 is 22.8. The molecule has 1 aliphatic rings. The highest BCUT2D eigenvalue weighted by Crippen LogP contribution is 2.47.